The third-order valence-corrected chi connectivity index (χ3v) is 5.59. The topological polar surface area (TPSA) is 115 Å². The second-order valence-electron chi connectivity index (χ2n) is 7.77. The lowest BCUT2D eigenvalue weighted by atomic mass is 9.93. The van der Waals surface area contributed by atoms with E-state index in [1.807, 2.05) is 48.5 Å². The lowest BCUT2D eigenvalue weighted by Crippen LogP contribution is -2.31. The van der Waals surface area contributed by atoms with E-state index in [1.54, 1.807) is 37.3 Å². The quantitative estimate of drug-likeness (QED) is 0.333. The molecule has 1 amide bonds. The average Bonchev–Trinajstić information content (AvgIpc) is 3.28. The summed E-state index contributed by atoms with van der Waals surface area (Å²) >= 11 is 0. The van der Waals surface area contributed by atoms with Gasteiger partial charge in [0.1, 0.15) is 6.04 Å². The first-order valence-electron chi connectivity index (χ1n) is 10.6. The molecule has 1 aromatic heterocycles. The number of rotatable bonds is 5. The van der Waals surface area contributed by atoms with Crippen molar-refractivity contribution in [3.63, 3.8) is 0 Å². The summed E-state index contributed by atoms with van der Waals surface area (Å²) in [4.78, 5) is 29.5. The second-order valence-corrected chi connectivity index (χ2v) is 7.77. The first kappa shape index (κ1) is 21.1. The van der Waals surface area contributed by atoms with Crippen LogP contribution in [-0.4, -0.2) is 25.6 Å². The molecule has 0 radical (unpaired) electrons. The summed E-state index contributed by atoms with van der Waals surface area (Å²) in [7, 11) is 0. The number of nitrogens with zero attached hydrogens (tertiary/aromatic N) is 4. The van der Waals surface area contributed by atoms with Gasteiger partial charge >= 0.3 is 0 Å². The van der Waals surface area contributed by atoms with Gasteiger partial charge in [-0.3, -0.25) is 14.9 Å². The Hall–Kier alpha value is -4.79. The number of fused-ring (bicyclic) bond motifs is 1. The van der Waals surface area contributed by atoms with E-state index in [9.17, 15) is 14.9 Å². The molecule has 0 unspecified atom stereocenters. The van der Waals surface area contributed by atoms with Gasteiger partial charge in [-0.2, -0.15) is 4.98 Å². The zero-order chi connectivity index (χ0) is 23.7. The molecule has 0 saturated heterocycles. The SMILES string of the molecule is CC1=C(C(=O)Nc2ccccc2)[C@@H](c2ccccc2[N+](=O)[O-])n2nc(-c3ccccc3)nc2N1. The maximum absolute atomic E-state index is 13.5. The summed E-state index contributed by atoms with van der Waals surface area (Å²) < 4.78 is 1.54. The number of nitrogens with one attached hydrogen (secondary N) is 2. The molecular weight excluding hydrogens is 432 g/mol. The van der Waals surface area contributed by atoms with Crippen molar-refractivity contribution in [3.05, 3.63) is 112 Å². The highest BCUT2D eigenvalue weighted by molar-refractivity contribution is 6.06. The van der Waals surface area contributed by atoms with Gasteiger partial charge in [0.15, 0.2) is 5.82 Å². The lowest BCUT2D eigenvalue weighted by molar-refractivity contribution is -0.385. The number of nitro groups is 1. The van der Waals surface area contributed by atoms with Crippen LogP contribution in [0.4, 0.5) is 17.3 Å². The monoisotopic (exact) mass is 452 g/mol. The summed E-state index contributed by atoms with van der Waals surface area (Å²) in [6.45, 7) is 1.75. The van der Waals surface area contributed by atoms with Crippen LogP contribution >= 0.6 is 0 Å². The predicted octanol–water partition coefficient (Wildman–Crippen LogP) is 4.78. The molecule has 9 heteroatoms. The van der Waals surface area contributed by atoms with E-state index in [4.69, 9.17) is 0 Å². The molecule has 2 heterocycles. The van der Waals surface area contributed by atoms with Gasteiger partial charge in [-0.05, 0) is 25.1 Å². The standard InChI is InChI=1S/C25H20N6O3/c1-16-21(24(32)27-18-12-6-3-7-13-18)22(19-14-8-9-15-20(19)31(33)34)30-25(26-16)28-23(29-30)17-10-4-2-5-11-17/h2-15,22H,1H3,(H,27,32)(H,26,28,29)/t22-/m1/s1. The minimum Gasteiger partial charge on any atom is -0.328 e. The van der Waals surface area contributed by atoms with Gasteiger partial charge in [-0.1, -0.05) is 60.7 Å². The Labute approximate surface area is 194 Å². The van der Waals surface area contributed by atoms with Crippen LogP contribution < -0.4 is 10.6 Å². The molecule has 2 N–H and O–H groups in total. The van der Waals surface area contributed by atoms with Gasteiger partial charge in [0, 0.05) is 23.0 Å². The smallest absolute Gasteiger partial charge is 0.275 e. The van der Waals surface area contributed by atoms with E-state index >= 15 is 0 Å². The molecule has 34 heavy (non-hydrogen) atoms. The van der Waals surface area contributed by atoms with Crippen molar-refractivity contribution in [1.29, 1.82) is 0 Å². The highest BCUT2D eigenvalue weighted by Crippen LogP contribution is 2.40. The molecule has 3 aromatic carbocycles. The van der Waals surface area contributed by atoms with Gasteiger partial charge in [0.25, 0.3) is 11.6 Å². The number of benzene rings is 3. The van der Waals surface area contributed by atoms with Gasteiger partial charge in [0.05, 0.1) is 16.1 Å². The van der Waals surface area contributed by atoms with E-state index in [0.717, 1.165) is 5.56 Å². The molecule has 0 spiro atoms. The number of hydrogen-bond acceptors (Lipinski definition) is 6. The Bertz CT molecular complexity index is 1410. The van der Waals surface area contributed by atoms with Crippen LogP contribution in [0.1, 0.15) is 18.5 Å². The van der Waals surface area contributed by atoms with Crippen molar-refractivity contribution in [2.75, 3.05) is 10.6 Å². The molecule has 0 fully saturated rings. The fourth-order valence-corrected chi connectivity index (χ4v) is 4.05. The Morgan fingerprint density at radius 3 is 2.35 bits per heavy atom. The summed E-state index contributed by atoms with van der Waals surface area (Å²) in [6.07, 6.45) is 0. The lowest BCUT2D eigenvalue weighted by Gasteiger charge is -2.28. The Morgan fingerprint density at radius 1 is 1.00 bits per heavy atom. The van der Waals surface area contributed by atoms with Crippen molar-refractivity contribution in [2.24, 2.45) is 0 Å². The molecule has 168 valence electrons. The Morgan fingerprint density at radius 2 is 1.65 bits per heavy atom. The molecule has 0 aliphatic carbocycles. The van der Waals surface area contributed by atoms with Crippen molar-refractivity contribution in [2.45, 2.75) is 13.0 Å². The summed E-state index contributed by atoms with van der Waals surface area (Å²) in [6, 6.07) is 24.0. The summed E-state index contributed by atoms with van der Waals surface area (Å²) in [5.74, 6) is 0.460. The largest absolute Gasteiger partial charge is 0.328 e. The normalized spacial score (nSPS) is 14.8. The van der Waals surface area contributed by atoms with Crippen molar-refractivity contribution >= 4 is 23.2 Å². The zero-order valence-corrected chi connectivity index (χ0v) is 18.2. The van der Waals surface area contributed by atoms with Crippen LogP contribution in [-0.2, 0) is 4.79 Å². The molecule has 0 saturated carbocycles. The number of para-hydroxylation sites is 2. The van der Waals surface area contributed by atoms with Gasteiger partial charge in [0.2, 0.25) is 5.95 Å². The van der Waals surface area contributed by atoms with Crippen LogP contribution in [0.15, 0.2) is 96.2 Å². The molecule has 1 atom stereocenters. The number of carbonyl (C=O) groups is 1. The van der Waals surface area contributed by atoms with E-state index < -0.39 is 11.0 Å². The van der Waals surface area contributed by atoms with Crippen molar-refractivity contribution in [1.82, 2.24) is 14.8 Å². The van der Waals surface area contributed by atoms with Crippen LogP contribution in [0.25, 0.3) is 11.4 Å². The van der Waals surface area contributed by atoms with E-state index in [2.05, 4.69) is 20.7 Å². The van der Waals surface area contributed by atoms with E-state index in [-0.39, 0.29) is 11.6 Å². The minimum atomic E-state index is -0.855. The van der Waals surface area contributed by atoms with Crippen LogP contribution in [0, 0.1) is 10.1 Å². The third-order valence-electron chi connectivity index (χ3n) is 5.59. The first-order valence-corrected chi connectivity index (χ1v) is 10.6. The van der Waals surface area contributed by atoms with Crippen LogP contribution in [0.2, 0.25) is 0 Å². The van der Waals surface area contributed by atoms with Crippen molar-refractivity contribution < 1.29 is 9.72 Å². The van der Waals surface area contributed by atoms with E-state index in [1.165, 1.54) is 10.7 Å². The second kappa shape index (κ2) is 8.62. The number of allylic oxidation sites excluding steroid dienone is 1. The predicted molar refractivity (Wildman–Crippen MR) is 128 cm³/mol. The first-order chi connectivity index (χ1) is 16.5. The molecule has 0 bridgehead atoms. The average molecular weight is 452 g/mol. The number of anilines is 2. The van der Waals surface area contributed by atoms with Gasteiger partial charge in [-0.15, -0.1) is 5.10 Å². The molecular formula is C25H20N6O3. The fraction of sp³-hybridized carbons (Fsp3) is 0.0800. The summed E-state index contributed by atoms with van der Waals surface area (Å²) in [5.41, 5.74) is 2.50. The van der Waals surface area contributed by atoms with Crippen LogP contribution in [0.5, 0.6) is 0 Å². The van der Waals surface area contributed by atoms with Gasteiger partial charge < -0.3 is 10.6 Å². The molecule has 9 nitrogen and oxygen atoms in total. The minimum absolute atomic E-state index is 0.102. The Kier molecular flexibility index (Phi) is 5.35. The number of aromatic nitrogens is 3. The third kappa shape index (κ3) is 3.79. The highest BCUT2D eigenvalue weighted by atomic mass is 16.6. The highest BCUT2D eigenvalue weighted by Gasteiger charge is 2.37. The van der Waals surface area contributed by atoms with Gasteiger partial charge in [-0.25, -0.2) is 4.68 Å². The summed E-state index contributed by atoms with van der Waals surface area (Å²) in [5, 5.41) is 22.6. The van der Waals surface area contributed by atoms with Crippen LogP contribution in [0.3, 0.4) is 0 Å². The van der Waals surface area contributed by atoms with E-state index in [0.29, 0.717) is 34.3 Å². The Balaban J connectivity index is 1.66. The molecule has 1 aliphatic rings. The molecule has 1 aliphatic heterocycles. The maximum Gasteiger partial charge on any atom is 0.275 e. The number of nitro benzene ring substituents is 1. The maximum atomic E-state index is 13.5. The number of amides is 1. The zero-order valence-electron chi connectivity index (χ0n) is 18.2. The van der Waals surface area contributed by atoms with Crippen molar-refractivity contribution in [3.8, 4) is 11.4 Å². The number of carbonyl (C=O) groups excluding carboxylic acids is 1. The molecule has 4 aromatic rings. The molecule has 5 rings (SSSR count). The number of hydrogen-bond donors (Lipinski definition) is 2. The fourth-order valence-electron chi connectivity index (χ4n) is 4.05.